The molecule has 0 saturated carbocycles. The zero-order valence-electron chi connectivity index (χ0n) is 14.7. The third-order valence-electron chi connectivity index (χ3n) is 3.14. The lowest BCUT2D eigenvalue weighted by atomic mass is 10.1. The molecule has 0 fully saturated rings. The van der Waals surface area contributed by atoms with Gasteiger partial charge in [-0.2, -0.15) is 5.10 Å². The van der Waals surface area contributed by atoms with E-state index in [1.807, 2.05) is 60.2 Å². The summed E-state index contributed by atoms with van der Waals surface area (Å²) in [7, 11) is 1.89. The van der Waals surface area contributed by atoms with Crippen molar-refractivity contribution < 1.29 is 9.53 Å². The van der Waals surface area contributed by atoms with E-state index in [1.165, 1.54) is 11.3 Å². The number of alkyl carbamates (subject to hydrolysis) is 1. The Morgan fingerprint density at radius 1 is 1.30 bits per heavy atom. The zero-order valence-corrected chi connectivity index (χ0v) is 15.5. The second kappa shape index (κ2) is 5.96. The summed E-state index contributed by atoms with van der Waals surface area (Å²) in [6, 6.07) is 0. The van der Waals surface area contributed by atoms with Crippen LogP contribution in [0, 0.1) is 6.92 Å². The molecule has 0 bridgehead atoms. The molecule has 0 unspecified atom stereocenters. The van der Waals surface area contributed by atoms with Gasteiger partial charge in [-0.05, 0) is 41.5 Å². The van der Waals surface area contributed by atoms with Gasteiger partial charge in [0.15, 0.2) is 0 Å². The van der Waals surface area contributed by atoms with Crippen LogP contribution >= 0.6 is 11.3 Å². The highest BCUT2D eigenvalue weighted by Crippen LogP contribution is 2.30. The second-order valence-electron chi connectivity index (χ2n) is 7.09. The number of ether oxygens (including phenoxy) is 1. The van der Waals surface area contributed by atoms with E-state index in [0.717, 1.165) is 22.0 Å². The van der Waals surface area contributed by atoms with Crippen molar-refractivity contribution in [2.75, 3.05) is 0 Å². The van der Waals surface area contributed by atoms with Crippen molar-refractivity contribution in [3.05, 3.63) is 22.3 Å². The highest BCUT2D eigenvalue weighted by molar-refractivity contribution is 7.10. The lowest BCUT2D eigenvalue weighted by molar-refractivity contribution is 0.0470. The average Bonchev–Trinajstić information content (AvgIpc) is 2.92. The minimum absolute atomic E-state index is 0.447. The summed E-state index contributed by atoms with van der Waals surface area (Å²) >= 11 is 1.51. The van der Waals surface area contributed by atoms with Crippen molar-refractivity contribution in [2.45, 2.75) is 52.7 Å². The number of carbonyl (C=O) groups excluding carboxylic acids is 1. The van der Waals surface area contributed by atoms with Crippen LogP contribution in [-0.2, 0) is 17.3 Å². The average molecular weight is 336 g/mol. The van der Waals surface area contributed by atoms with Gasteiger partial charge in [0.1, 0.15) is 10.6 Å². The first-order valence-electron chi connectivity index (χ1n) is 7.46. The number of nitrogens with one attached hydrogen (secondary N) is 1. The predicted molar refractivity (Wildman–Crippen MR) is 91.4 cm³/mol. The number of hydrogen-bond donors (Lipinski definition) is 1. The van der Waals surface area contributed by atoms with Gasteiger partial charge in [0.2, 0.25) is 0 Å². The molecule has 0 aliphatic rings. The quantitative estimate of drug-likeness (QED) is 0.929. The monoisotopic (exact) mass is 336 g/mol. The predicted octanol–water partition coefficient (Wildman–Crippen LogP) is 3.61. The highest BCUT2D eigenvalue weighted by atomic mass is 32.1. The van der Waals surface area contributed by atoms with E-state index in [-0.39, 0.29) is 0 Å². The van der Waals surface area contributed by atoms with Crippen LogP contribution in [0.15, 0.2) is 11.6 Å². The molecule has 0 aliphatic heterocycles. The summed E-state index contributed by atoms with van der Waals surface area (Å²) in [6.07, 6.45) is 1.50. The molecule has 1 amide bonds. The Bertz CT molecular complexity index is 710. The largest absolute Gasteiger partial charge is 0.444 e. The number of hydrogen-bond acceptors (Lipinski definition) is 5. The Balaban J connectivity index is 2.18. The molecule has 23 heavy (non-hydrogen) atoms. The minimum atomic E-state index is -0.610. The molecule has 126 valence electrons. The first kappa shape index (κ1) is 17.5. The van der Waals surface area contributed by atoms with E-state index in [9.17, 15) is 4.79 Å². The van der Waals surface area contributed by atoms with Crippen LogP contribution in [0.2, 0.25) is 0 Å². The lowest BCUT2D eigenvalue weighted by Gasteiger charge is -2.27. The number of carbonyl (C=O) groups is 1. The first-order chi connectivity index (χ1) is 10.5. The Hall–Kier alpha value is -1.89. The molecule has 0 atom stereocenters. The van der Waals surface area contributed by atoms with Crippen LogP contribution in [0.3, 0.4) is 0 Å². The summed E-state index contributed by atoms with van der Waals surface area (Å²) in [5.41, 5.74) is 1.67. The molecule has 6 nitrogen and oxygen atoms in total. The smallest absolute Gasteiger partial charge is 0.408 e. The summed E-state index contributed by atoms with van der Waals surface area (Å²) in [4.78, 5) is 16.7. The first-order valence-corrected chi connectivity index (χ1v) is 8.34. The second-order valence-corrected chi connectivity index (χ2v) is 7.95. The molecule has 2 heterocycles. The van der Waals surface area contributed by atoms with Gasteiger partial charge in [-0.25, -0.2) is 9.78 Å². The van der Waals surface area contributed by atoms with E-state index in [0.29, 0.717) is 0 Å². The van der Waals surface area contributed by atoms with Crippen molar-refractivity contribution >= 4 is 17.4 Å². The molecule has 0 aromatic carbocycles. The topological polar surface area (TPSA) is 69.0 Å². The van der Waals surface area contributed by atoms with Gasteiger partial charge in [-0.15, -0.1) is 11.3 Å². The molecule has 0 spiro atoms. The van der Waals surface area contributed by atoms with Gasteiger partial charge in [-0.3, -0.25) is 4.68 Å². The number of nitrogens with zero attached hydrogens (tertiary/aromatic N) is 3. The van der Waals surface area contributed by atoms with E-state index in [4.69, 9.17) is 4.74 Å². The number of thiazole rings is 1. The standard InChI is InChI=1S/C16H24N4O2S/c1-10-11(8-20(7)19-10)12-9-23-13(17-12)16(5,6)18-14(21)22-15(2,3)4/h8-9H,1-7H3,(H,18,21). The van der Waals surface area contributed by atoms with Crippen molar-refractivity contribution in [3.8, 4) is 11.3 Å². The normalized spacial score (nSPS) is 12.3. The zero-order chi connectivity index (χ0) is 17.4. The molecule has 2 aromatic rings. The summed E-state index contributed by atoms with van der Waals surface area (Å²) < 4.78 is 7.09. The number of aryl methyl sites for hydroxylation is 2. The maximum atomic E-state index is 12.0. The Kier molecular flexibility index (Phi) is 4.52. The van der Waals surface area contributed by atoms with Crippen molar-refractivity contribution in [1.29, 1.82) is 0 Å². The molecular weight excluding hydrogens is 312 g/mol. The summed E-state index contributed by atoms with van der Waals surface area (Å²) in [6.45, 7) is 11.3. The third-order valence-corrected chi connectivity index (χ3v) is 4.31. The minimum Gasteiger partial charge on any atom is -0.444 e. The highest BCUT2D eigenvalue weighted by Gasteiger charge is 2.29. The van der Waals surface area contributed by atoms with Crippen LogP contribution in [0.1, 0.15) is 45.3 Å². The SMILES string of the molecule is Cc1nn(C)cc1-c1csc(C(C)(C)NC(=O)OC(C)(C)C)n1. The van der Waals surface area contributed by atoms with E-state index in [1.54, 1.807) is 4.68 Å². The van der Waals surface area contributed by atoms with Crippen molar-refractivity contribution in [1.82, 2.24) is 20.1 Å². The maximum Gasteiger partial charge on any atom is 0.408 e. The van der Waals surface area contributed by atoms with Gasteiger partial charge in [0, 0.05) is 24.2 Å². The van der Waals surface area contributed by atoms with Gasteiger partial charge in [-0.1, -0.05) is 0 Å². The third kappa shape index (κ3) is 4.31. The van der Waals surface area contributed by atoms with Gasteiger partial charge < -0.3 is 10.1 Å². The number of rotatable bonds is 3. The van der Waals surface area contributed by atoms with Crippen LogP contribution in [0.5, 0.6) is 0 Å². The fourth-order valence-corrected chi connectivity index (χ4v) is 3.05. The van der Waals surface area contributed by atoms with E-state index >= 15 is 0 Å². The Labute approximate surface area is 140 Å². The fraction of sp³-hybridized carbons (Fsp3) is 0.562. The molecule has 0 saturated heterocycles. The summed E-state index contributed by atoms with van der Waals surface area (Å²) in [5.74, 6) is 0. The van der Waals surface area contributed by atoms with Crippen LogP contribution < -0.4 is 5.32 Å². The van der Waals surface area contributed by atoms with Crippen molar-refractivity contribution in [2.24, 2.45) is 7.05 Å². The molecule has 1 N–H and O–H groups in total. The van der Waals surface area contributed by atoms with Gasteiger partial charge in [0.05, 0.1) is 16.9 Å². The van der Waals surface area contributed by atoms with E-state index < -0.39 is 17.2 Å². The lowest BCUT2D eigenvalue weighted by Crippen LogP contribution is -2.43. The molecular formula is C16H24N4O2S. The molecule has 2 rings (SSSR count). The molecule has 2 aromatic heterocycles. The fourth-order valence-electron chi connectivity index (χ4n) is 2.15. The van der Waals surface area contributed by atoms with Crippen molar-refractivity contribution in [3.63, 3.8) is 0 Å². The van der Waals surface area contributed by atoms with Crippen LogP contribution in [0.4, 0.5) is 4.79 Å². The molecule has 7 heteroatoms. The van der Waals surface area contributed by atoms with Gasteiger partial charge in [0.25, 0.3) is 0 Å². The van der Waals surface area contributed by atoms with Crippen LogP contribution in [0.25, 0.3) is 11.3 Å². The summed E-state index contributed by atoms with van der Waals surface area (Å²) in [5, 5.41) is 10.0. The maximum absolute atomic E-state index is 12.0. The molecule has 0 aliphatic carbocycles. The number of amides is 1. The van der Waals surface area contributed by atoms with Gasteiger partial charge >= 0.3 is 6.09 Å². The Morgan fingerprint density at radius 3 is 2.48 bits per heavy atom. The van der Waals surface area contributed by atoms with E-state index in [2.05, 4.69) is 15.4 Å². The molecule has 0 radical (unpaired) electrons. The Morgan fingerprint density at radius 2 is 1.96 bits per heavy atom. The van der Waals surface area contributed by atoms with Crippen LogP contribution in [-0.4, -0.2) is 26.5 Å². The number of aromatic nitrogens is 3.